The van der Waals surface area contributed by atoms with E-state index in [2.05, 4.69) is 15.2 Å². The zero-order valence-electron chi connectivity index (χ0n) is 17.5. The van der Waals surface area contributed by atoms with E-state index in [0.29, 0.717) is 40.8 Å². The Balaban J connectivity index is 1.39. The van der Waals surface area contributed by atoms with Gasteiger partial charge in [-0.25, -0.2) is 14.4 Å². The monoisotopic (exact) mass is 434 g/mol. The first kappa shape index (κ1) is 20.2. The second-order valence-electron chi connectivity index (χ2n) is 7.86. The van der Waals surface area contributed by atoms with Crippen LogP contribution in [0.25, 0.3) is 11.4 Å². The lowest BCUT2D eigenvalue weighted by molar-refractivity contribution is 0.0950. The number of piperidine rings is 1. The Morgan fingerprint density at radius 3 is 2.62 bits per heavy atom. The van der Waals surface area contributed by atoms with Crippen LogP contribution in [0.4, 0.5) is 10.2 Å². The fraction of sp³-hybridized carbons (Fsp3) is 0.292. The van der Waals surface area contributed by atoms with E-state index < -0.39 is 0 Å². The first-order chi connectivity index (χ1) is 15.7. The number of nitrogens with zero attached hydrogens (tertiary/aromatic N) is 3. The topological polar surface area (TPSA) is 76.6 Å². The number of fused-ring (bicyclic) bond motifs is 1. The minimum atomic E-state index is -0.315. The van der Waals surface area contributed by atoms with E-state index in [4.69, 9.17) is 14.5 Å². The molecule has 0 atom stereocenters. The van der Waals surface area contributed by atoms with Gasteiger partial charge in [-0.15, -0.1) is 0 Å². The van der Waals surface area contributed by atoms with E-state index in [0.717, 1.165) is 37.9 Å². The number of halogens is 1. The molecular formula is C24H23FN4O3. The van der Waals surface area contributed by atoms with Gasteiger partial charge in [0.1, 0.15) is 17.2 Å². The zero-order valence-corrected chi connectivity index (χ0v) is 17.5. The Bertz CT molecular complexity index is 1130. The average molecular weight is 434 g/mol. The molecule has 8 heteroatoms. The molecule has 3 heterocycles. The second kappa shape index (κ2) is 8.82. The summed E-state index contributed by atoms with van der Waals surface area (Å²) in [5, 5.41) is 2.96. The summed E-state index contributed by atoms with van der Waals surface area (Å²) in [6, 6.07) is 11.6. The molecule has 32 heavy (non-hydrogen) atoms. The Morgan fingerprint density at radius 2 is 1.81 bits per heavy atom. The highest BCUT2D eigenvalue weighted by Gasteiger charge is 2.22. The Kier molecular flexibility index (Phi) is 5.58. The maximum Gasteiger partial charge on any atom is 0.256 e. The molecule has 1 amide bonds. The third kappa shape index (κ3) is 4.21. The van der Waals surface area contributed by atoms with Crippen LogP contribution >= 0.6 is 0 Å². The number of benzene rings is 2. The number of ether oxygens (including phenoxy) is 2. The van der Waals surface area contributed by atoms with Crippen molar-refractivity contribution in [2.45, 2.75) is 25.8 Å². The predicted molar refractivity (Wildman–Crippen MR) is 117 cm³/mol. The van der Waals surface area contributed by atoms with Crippen LogP contribution in [0.5, 0.6) is 11.5 Å². The molecule has 2 aliphatic rings. The molecule has 0 aliphatic carbocycles. The molecule has 0 saturated carbocycles. The van der Waals surface area contributed by atoms with E-state index in [1.165, 1.54) is 12.1 Å². The molecule has 164 valence electrons. The maximum atomic E-state index is 13.3. The van der Waals surface area contributed by atoms with Gasteiger partial charge in [-0.3, -0.25) is 4.79 Å². The highest BCUT2D eigenvalue weighted by Crippen LogP contribution is 2.32. The van der Waals surface area contributed by atoms with Crippen molar-refractivity contribution >= 4 is 11.7 Å². The third-order valence-electron chi connectivity index (χ3n) is 5.66. The van der Waals surface area contributed by atoms with Gasteiger partial charge in [-0.2, -0.15) is 0 Å². The van der Waals surface area contributed by atoms with E-state index in [-0.39, 0.29) is 18.5 Å². The van der Waals surface area contributed by atoms with Crippen molar-refractivity contribution in [3.8, 4) is 22.9 Å². The number of anilines is 1. The summed E-state index contributed by atoms with van der Waals surface area (Å²) in [6.45, 7) is 2.22. The molecule has 0 radical (unpaired) electrons. The maximum absolute atomic E-state index is 13.3. The first-order valence-corrected chi connectivity index (χ1v) is 10.7. The van der Waals surface area contributed by atoms with Crippen LogP contribution in [-0.4, -0.2) is 35.8 Å². The number of hydrogen-bond donors (Lipinski definition) is 1. The lowest BCUT2D eigenvalue weighted by Crippen LogP contribution is -2.33. The zero-order chi connectivity index (χ0) is 21.9. The van der Waals surface area contributed by atoms with Crippen LogP contribution < -0.4 is 19.7 Å². The van der Waals surface area contributed by atoms with E-state index >= 15 is 0 Å². The van der Waals surface area contributed by atoms with E-state index in [1.54, 1.807) is 18.3 Å². The Morgan fingerprint density at radius 1 is 1.03 bits per heavy atom. The molecule has 0 spiro atoms. The van der Waals surface area contributed by atoms with Gasteiger partial charge in [0.05, 0.1) is 0 Å². The number of aromatic nitrogens is 2. The molecule has 1 saturated heterocycles. The van der Waals surface area contributed by atoms with Gasteiger partial charge < -0.3 is 19.7 Å². The molecule has 3 aromatic rings. The van der Waals surface area contributed by atoms with Gasteiger partial charge in [-0.05, 0) is 61.2 Å². The van der Waals surface area contributed by atoms with Gasteiger partial charge in [0.2, 0.25) is 6.79 Å². The molecule has 0 unspecified atom stereocenters. The molecule has 1 aromatic heterocycles. The van der Waals surface area contributed by atoms with Gasteiger partial charge >= 0.3 is 0 Å². The van der Waals surface area contributed by atoms with Crippen LogP contribution in [0.1, 0.15) is 35.2 Å². The normalized spacial score (nSPS) is 15.0. The third-order valence-corrected chi connectivity index (χ3v) is 5.66. The van der Waals surface area contributed by atoms with Crippen molar-refractivity contribution in [2.24, 2.45) is 0 Å². The van der Waals surface area contributed by atoms with Gasteiger partial charge in [-0.1, -0.05) is 6.07 Å². The van der Waals surface area contributed by atoms with Crippen molar-refractivity contribution < 1.29 is 18.7 Å². The summed E-state index contributed by atoms with van der Waals surface area (Å²) in [4.78, 5) is 24.3. The van der Waals surface area contributed by atoms with Crippen LogP contribution in [-0.2, 0) is 6.54 Å². The largest absolute Gasteiger partial charge is 0.454 e. The molecule has 1 N–H and O–H groups in total. The predicted octanol–water partition coefficient (Wildman–Crippen LogP) is 3.93. The minimum Gasteiger partial charge on any atom is -0.454 e. The number of carbonyl (C=O) groups is 1. The van der Waals surface area contributed by atoms with E-state index in [1.807, 2.05) is 18.2 Å². The smallest absolute Gasteiger partial charge is 0.256 e. The molecular weight excluding hydrogens is 411 g/mol. The van der Waals surface area contributed by atoms with Crippen LogP contribution in [0.3, 0.4) is 0 Å². The summed E-state index contributed by atoms with van der Waals surface area (Å²) in [5.41, 5.74) is 2.04. The summed E-state index contributed by atoms with van der Waals surface area (Å²) >= 11 is 0. The quantitative estimate of drug-likeness (QED) is 0.656. The Labute approximate surface area is 185 Å². The van der Waals surface area contributed by atoms with Crippen molar-refractivity contribution in [1.29, 1.82) is 0 Å². The average Bonchev–Trinajstić information content (AvgIpc) is 3.31. The van der Waals surface area contributed by atoms with Crippen LogP contribution in [0.15, 0.2) is 48.7 Å². The molecule has 0 bridgehead atoms. The highest BCUT2D eigenvalue weighted by atomic mass is 19.1. The molecule has 1 fully saturated rings. The van der Waals surface area contributed by atoms with Gasteiger partial charge in [0.15, 0.2) is 17.3 Å². The number of hydrogen-bond acceptors (Lipinski definition) is 6. The number of nitrogens with one attached hydrogen (secondary N) is 1. The lowest BCUT2D eigenvalue weighted by atomic mass is 10.1. The first-order valence-electron chi connectivity index (χ1n) is 10.7. The second-order valence-corrected chi connectivity index (χ2v) is 7.86. The van der Waals surface area contributed by atoms with Crippen molar-refractivity contribution in [3.63, 3.8) is 0 Å². The summed E-state index contributed by atoms with van der Waals surface area (Å²) in [6.07, 6.45) is 4.82. The number of carbonyl (C=O) groups excluding carboxylic acids is 1. The van der Waals surface area contributed by atoms with Crippen LogP contribution in [0.2, 0.25) is 0 Å². The summed E-state index contributed by atoms with van der Waals surface area (Å²) in [5.74, 6) is 1.91. The number of amides is 1. The number of rotatable bonds is 5. The van der Waals surface area contributed by atoms with Crippen molar-refractivity contribution in [2.75, 3.05) is 24.8 Å². The fourth-order valence-corrected chi connectivity index (χ4v) is 3.95. The highest BCUT2D eigenvalue weighted by molar-refractivity contribution is 5.99. The summed E-state index contributed by atoms with van der Waals surface area (Å²) < 4.78 is 24.1. The fourth-order valence-electron chi connectivity index (χ4n) is 3.95. The lowest BCUT2D eigenvalue weighted by Gasteiger charge is -2.29. The minimum absolute atomic E-state index is 0.210. The molecule has 2 aliphatic heterocycles. The van der Waals surface area contributed by atoms with Gasteiger partial charge in [0, 0.05) is 31.4 Å². The SMILES string of the molecule is O=C(NCc1ccc2c(c1)OCO2)c1cnc(-c2ccc(F)cc2)nc1N1CCCCC1. The van der Waals surface area contributed by atoms with E-state index in [9.17, 15) is 9.18 Å². The molecule has 7 nitrogen and oxygen atoms in total. The Hall–Kier alpha value is -3.68. The molecule has 2 aromatic carbocycles. The molecule has 5 rings (SSSR count). The van der Waals surface area contributed by atoms with Crippen molar-refractivity contribution in [3.05, 3.63) is 65.6 Å². The standard InChI is InChI=1S/C24H23FN4O3/c25-18-7-5-17(6-8-18)22-26-14-19(23(28-22)29-10-2-1-3-11-29)24(30)27-13-16-4-9-20-21(12-16)32-15-31-20/h4-9,12,14H,1-3,10-11,13,15H2,(H,27,30). The summed E-state index contributed by atoms with van der Waals surface area (Å²) in [7, 11) is 0. The van der Waals surface area contributed by atoms with Crippen LogP contribution in [0, 0.1) is 5.82 Å². The van der Waals surface area contributed by atoms with Crippen molar-refractivity contribution in [1.82, 2.24) is 15.3 Å². The van der Waals surface area contributed by atoms with Gasteiger partial charge in [0.25, 0.3) is 5.91 Å².